The maximum absolute atomic E-state index is 10.2. The molecule has 4 heterocycles. The molecule has 0 aliphatic carbocycles. The molecule has 0 amide bonds. The Kier molecular flexibility index (Phi) is 4.41. The summed E-state index contributed by atoms with van der Waals surface area (Å²) in [6, 6.07) is 0. The van der Waals surface area contributed by atoms with Gasteiger partial charge >= 0.3 is 0 Å². The van der Waals surface area contributed by atoms with Crippen LogP contribution in [0.4, 0.5) is 5.13 Å². The molecule has 1 atom stereocenters. The molecule has 25 heavy (non-hydrogen) atoms. The highest BCUT2D eigenvalue weighted by atomic mass is 35.5. The Bertz CT molecular complexity index is 921. The monoisotopic (exact) mass is 377 g/mol. The largest absolute Gasteiger partial charge is 0.372 e. The number of hydrogen-bond acceptors (Lipinski definition) is 6. The number of rotatable bonds is 3. The summed E-state index contributed by atoms with van der Waals surface area (Å²) < 4.78 is 0. The van der Waals surface area contributed by atoms with Gasteiger partial charge in [0.05, 0.1) is 10.7 Å². The van der Waals surface area contributed by atoms with Crippen molar-refractivity contribution in [3.8, 4) is 11.3 Å². The van der Waals surface area contributed by atoms with Crippen molar-refractivity contribution in [1.29, 1.82) is 0 Å². The molecular formula is C17H20ClN5OS. The summed E-state index contributed by atoms with van der Waals surface area (Å²) in [6.07, 6.45) is 4.07. The number of aliphatic hydroxyl groups is 1. The fourth-order valence-electron chi connectivity index (χ4n) is 3.23. The number of pyridine rings is 1. The number of anilines is 1. The molecule has 6 nitrogen and oxygen atoms in total. The van der Waals surface area contributed by atoms with Crippen molar-refractivity contribution < 1.29 is 5.11 Å². The molecule has 132 valence electrons. The summed E-state index contributed by atoms with van der Waals surface area (Å²) in [7, 11) is 0. The number of β-amino-alcohol motifs (C(OH)–C–C–N with tert-alkyl or cyclic N) is 1. The molecule has 3 aromatic rings. The Balaban J connectivity index is 1.80. The molecule has 1 unspecified atom stereocenters. The van der Waals surface area contributed by atoms with Crippen molar-refractivity contribution in [2.75, 3.05) is 24.5 Å². The first-order valence-electron chi connectivity index (χ1n) is 8.37. The normalized spacial score (nSPS) is 18.2. The summed E-state index contributed by atoms with van der Waals surface area (Å²) in [4.78, 5) is 15.5. The minimum Gasteiger partial charge on any atom is -0.372 e. The summed E-state index contributed by atoms with van der Waals surface area (Å²) >= 11 is 8.31. The highest BCUT2D eigenvalue weighted by molar-refractivity contribution is 7.16. The van der Waals surface area contributed by atoms with E-state index in [9.17, 15) is 5.11 Å². The predicted molar refractivity (Wildman–Crippen MR) is 103 cm³/mol. The van der Waals surface area contributed by atoms with Crippen molar-refractivity contribution in [2.45, 2.75) is 26.5 Å². The molecular weight excluding hydrogens is 358 g/mol. The van der Waals surface area contributed by atoms with Crippen molar-refractivity contribution in [2.24, 2.45) is 0 Å². The van der Waals surface area contributed by atoms with Crippen molar-refractivity contribution in [3.05, 3.63) is 27.9 Å². The third-order valence-corrected chi connectivity index (χ3v) is 6.00. The summed E-state index contributed by atoms with van der Waals surface area (Å²) in [5.41, 5.74) is 3.64. The van der Waals surface area contributed by atoms with Crippen LogP contribution in [0.3, 0.4) is 0 Å². The number of thiazole rings is 1. The van der Waals surface area contributed by atoms with Crippen LogP contribution in [-0.4, -0.2) is 45.9 Å². The molecule has 1 aliphatic rings. The molecule has 4 rings (SSSR count). The lowest BCUT2D eigenvalue weighted by atomic mass is 10.1. The molecule has 0 aromatic carbocycles. The van der Waals surface area contributed by atoms with Crippen LogP contribution in [-0.2, 0) is 6.42 Å². The third kappa shape index (κ3) is 2.81. The molecule has 0 spiro atoms. The van der Waals surface area contributed by atoms with Gasteiger partial charge in [-0.3, -0.25) is 0 Å². The zero-order chi connectivity index (χ0) is 17.6. The Hall–Kier alpha value is -1.67. The van der Waals surface area contributed by atoms with E-state index in [-0.39, 0.29) is 0 Å². The Labute approximate surface area is 154 Å². The zero-order valence-corrected chi connectivity index (χ0v) is 15.7. The lowest BCUT2D eigenvalue weighted by Gasteiger charge is -2.32. The molecule has 1 aliphatic heterocycles. The molecule has 3 N–H and O–H groups in total. The molecule has 8 heteroatoms. The first-order valence-corrected chi connectivity index (χ1v) is 9.57. The van der Waals surface area contributed by atoms with E-state index in [0.717, 1.165) is 57.4 Å². The van der Waals surface area contributed by atoms with Crippen molar-refractivity contribution in [3.63, 3.8) is 0 Å². The fraction of sp³-hybridized carbons (Fsp3) is 0.412. The molecule has 0 bridgehead atoms. The highest BCUT2D eigenvalue weighted by Crippen LogP contribution is 2.39. The summed E-state index contributed by atoms with van der Waals surface area (Å²) in [5, 5.41) is 15.9. The smallest absolute Gasteiger partial charge is 0.188 e. The van der Waals surface area contributed by atoms with E-state index in [1.54, 1.807) is 17.5 Å². The number of fused-ring (bicyclic) bond motifs is 1. The molecule has 1 fully saturated rings. The van der Waals surface area contributed by atoms with E-state index in [1.165, 1.54) is 0 Å². The minimum atomic E-state index is -0.556. The van der Waals surface area contributed by atoms with Gasteiger partial charge in [0, 0.05) is 47.9 Å². The number of nitrogens with one attached hydrogen (secondary N) is 2. The van der Waals surface area contributed by atoms with Gasteiger partial charge < -0.3 is 20.3 Å². The van der Waals surface area contributed by atoms with Gasteiger partial charge in [0.1, 0.15) is 11.9 Å². The fourth-order valence-corrected chi connectivity index (χ4v) is 4.57. The van der Waals surface area contributed by atoms with Crippen LogP contribution in [0.5, 0.6) is 0 Å². The topological polar surface area (TPSA) is 77.1 Å². The van der Waals surface area contributed by atoms with Gasteiger partial charge in [-0.05, 0) is 18.9 Å². The summed E-state index contributed by atoms with van der Waals surface area (Å²) in [6.45, 7) is 6.25. The van der Waals surface area contributed by atoms with E-state index in [0.29, 0.717) is 11.6 Å². The van der Waals surface area contributed by atoms with Gasteiger partial charge in [-0.25, -0.2) is 9.97 Å². The van der Waals surface area contributed by atoms with E-state index >= 15 is 0 Å². The van der Waals surface area contributed by atoms with Gasteiger partial charge in [0.2, 0.25) is 0 Å². The zero-order valence-electron chi connectivity index (χ0n) is 14.1. The number of hydrogen-bond donors (Lipinski definition) is 3. The quantitative estimate of drug-likeness (QED) is 0.654. The second kappa shape index (κ2) is 6.57. The van der Waals surface area contributed by atoms with Crippen LogP contribution in [0.15, 0.2) is 12.4 Å². The minimum absolute atomic E-state index is 0.547. The Morgan fingerprint density at radius 2 is 2.32 bits per heavy atom. The summed E-state index contributed by atoms with van der Waals surface area (Å²) in [5.74, 6) is 0. The average molecular weight is 378 g/mol. The third-order valence-electron chi connectivity index (χ3n) is 4.60. The van der Waals surface area contributed by atoms with Crippen LogP contribution in [0, 0.1) is 6.92 Å². The number of H-pyrrole nitrogens is 1. The molecule has 0 saturated carbocycles. The van der Waals surface area contributed by atoms with Gasteiger partial charge in [0.15, 0.2) is 5.13 Å². The van der Waals surface area contributed by atoms with Gasteiger partial charge in [-0.1, -0.05) is 18.5 Å². The lowest BCUT2D eigenvalue weighted by Crippen LogP contribution is -2.51. The van der Waals surface area contributed by atoms with E-state index in [1.807, 2.05) is 18.0 Å². The first kappa shape index (κ1) is 16.8. The number of aryl methyl sites for hydroxylation is 2. The number of aromatic amines is 1. The molecule has 0 radical (unpaired) electrons. The maximum atomic E-state index is 10.2. The SMILES string of the molecule is CCc1c[nH]c2ncc(-c3nc(N4CCNCC4O)sc3C)c(Cl)c12. The van der Waals surface area contributed by atoms with Crippen LogP contribution in [0.25, 0.3) is 22.3 Å². The van der Waals surface area contributed by atoms with E-state index < -0.39 is 6.23 Å². The highest BCUT2D eigenvalue weighted by Gasteiger charge is 2.25. The predicted octanol–water partition coefficient (Wildman–Crippen LogP) is 2.94. The van der Waals surface area contributed by atoms with Crippen LogP contribution >= 0.6 is 22.9 Å². The Morgan fingerprint density at radius 1 is 1.48 bits per heavy atom. The standard InChI is InChI=1S/C17H20ClN5OS/c1-3-10-6-20-16-13(10)14(18)11(7-21-16)15-9(2)25-17(22-15)23-5-4-19-8-12(23)24/h6-7,12,19,24H,3-5,8H2,1-2H3,(H,20,21). The van der Waals surface area contributed by atoms with Gasteiger partial charge in [-0.15, -0.1) is 11.3 Å². The van der Waals surface area contributed by atoms with Gasteiger partial charge in [0.25, 0.3) is 0 Å². The van der Waals surface area contributed by atoms with Crippen LogP contribution in [0.2, 0.25) is 5.02 Å². The first-order chi connectivity index (χ1) is 12.1. The number of halogens is 1. The van der Waals surface area contributed by atoms with Crippen LogP contribution in [0.1, 0.15) is 17.4 Å². The number of nitrogens with zero attached hydrogens (tertiary/aromatic N) is 3. The van der Waals surface area contributed by atoms with Crippen molar-refractivity contribution in [1.82, 2.24) is 20.3 Å². The number of aromatic nitrogens is 3. The average Bonchev–Trinajstić information content (AvgIpc) is 3.19. The number of piperazine rings is 1. The number of aliphatic hydroxyl groups excluding tert-OH is 1. The van der Waals surface area contributed by atoms with E-state index in [2.05, 4.69) is 22.2 Å². The lowest BCUT2D eigenvalue weighted by molar-refractivity contribution is 0.151. The molecule has 1 saturated heterocycles. The second-order valence-corrected chi connectivity index (χ2v) is 7.72. The van der Waals surface area contributed by atoms with Gasteiger partial charge in [-0.2, -0.15) is 0 Å². The second-order valence-electron chi connectivity index (χ2n) is 6.16. The Morgan fingerprint density at radius 3 is 3.08 bits per heavy atom. The maximum Gasteiger partial charge on any atom is 0.188 e. The van der Waals surface area contributed by atoms with Crippen LogP contribution < -0.4 is 10.2 Å². The van der Waals surface area contributed by atoms with E-state index in [4.69, 9.17) is 16.6 Å². The molecule has 3 aromatic heterocycles. The van der Waals surface area contributed by atoms with Crippen molar-refractivity contribution >= 4 is 39.1 Å².